The van der Waals surface area contributed by atoms with Crippen LogP contribution in [0.4, 0.5) is 0 Å². The van der Waals surface area contributed by atoms with E-state index in [1.165, 1.54) is 14.0 Å². The highest BCUT2D eigenvalue weighted by Crippen LogP contribution is 2.07. The molecule has 0 aliphatic carbocycles. The van der Waals surface area contributed by atoms with Crippen LogP contribution in [-0.2, 0) is 9.53 Å². The van der Waals surface area contributed by atoms with Gasteiger partial charge in [0, 0.05) is 27.8 Å². The number of aromatic carboxylic acids is 1. The Kier molecular flexibility index (Phi) is 11.7. The average molecular weight is 560 g/mol. The number of nitrogens with one attached hydrogen (secondary N) is 1. The van der Waals surface area contributed by atoms with E-state index >= 15 is 0 Å². The Morgan fingerprint density at radius 3 is 1.38 bits per heavy atom. The van der Waals surface area contributed by atoms with Gasteiger partial charge in [0.15, 0.2) is 6.04 Å². The SMILES string of the molecule is COC(=O)[C@@H](NC(=O)c1ccc(C#Cc2ccccc2)cc1)[C@@H](C)O.O=C(O)c1ccc(C#Cc2ccccc2)cc1. The van der Waals surface area contributed by atoms with Gasteiger partial charge in [0.25, 0.3) is 5.91 Å². The summed E-state index contributed by atoms with van der Waals surface area (Å²) >= 11 is 0. The number of carboxylic acids is 1. The monoisotopic (exact) mass is 559 g/mol. The molecule has 4 aromatic rings. The standard InChI is InChI=1S/C20H19NO4.C15H10O2/c1-14(22)18(20(24)25-2)21-19(23)17-12-10-16(11-13-17)9-8-15-6-4-3-5-7-15;16-15(17)14-10-8-13(9-11-14)7-6-12-4-2-1-3-5-12/h3-7,10-14,18,22H,1-2H3,(H,21,23);1-5,8-11H,(H,16,17)/t14-,18+;/m1./s1. The number of hydrogen-bond donors (Lipinski definition) is 3. The van der Waals surface area contributed by atoms with Crippen molar-refractivity contribution in [3.63, 3.8) is 0 Å². The molecular formula is C35H29NO6. The first kappa shape index (κ1) is 30.9. The van der Waals surface area contributed by atoms with Crippen molar-refractivity contribution < 1.29 is 29.3 Å². The lowest BCUT2D eigenvalue weighted by Crippen LogP contribution is -2.48. The van der Waals surface area contributed by atoms with Gasteiger partial charge < -0.3 is 20.3 Å². The highest BCUT2D eigenvalue weighted by atomic mass is 16.5. The summed E-state index contributed by atoms with van der Waals surface area (Å²) in [5.74, 6) is 9.95. The number of aliphatic hydroxyl groups excluding tert-OH is 1. The third-order valence-electron chi connectivity index (χ3n) is 5.75. The molecule has 210 valence electrons. The predicted molar refractivity (Wildman–Crippen MR) is 160 cm³/mol. The van der Waals surface area contributed by atoms with Gasteiger partial charge in [-0.05, 0) is 79.7 Å². The molecule has 0 bridgehead atoms. The fraction of sp³-hybridized carbons (Fsp3) is 0.114. The zero-order valence-electron chi connectivity index (χ0n) is 23.1. The van der Waals surface area contributed by atoms with Crippen molar-refractivity contribution in [3.8, 4) is 23.7 Å². The third-order valence-corrected chi connectivity index (χ3v) is 5.75. The Hall–Kier alpha value is -5.63. The number of rotatable bonds is 5. The lowest BCUT2D eigenvalue weighted by molar-refractivity contribution is -0.145. The molecule has 7 nitrogen and oxygen atoms in total. The van der Waals surface area contributed by atoms with Crippen LogP contribution in [0.25, 0.3) is 0 Å². The maximum atomic E-state index is 12.2. The summed E-state index contributed by atoms with van der Waals surface area (Å²) in [6.07, 6.45) is -1.06. The summed E-state index contributed by atoms with van der Waals surface area (Å²) in [5, 5.41) is 20.8. The van der Waals surface area contributed by atoms with Crippen molar-refractivity contribution in [2.45, 2.75) is 19.1 Å². The first-order valence-corrected chi connectivity index (χ1v) is 12.9. The zero-order valence-corrected chi connectivity index (χ0v) is 23.1. The predicted octanol–water partition coefficient (Wildman–Crippen LogP) is 4.52. The van der Waals surface area contributed by atoms with Gasteiger partial charge in [0.1, 0.15) is 0 Å². The maximum Gasteiger partial charge on any atom is 0.335 e. The van der Waals surface area contributed by atoms with E-state index in [1.54, 1.807) is 48.5 Å². The van der Waals surface area contributed by atoms with Crippen LogP contribution in [0.15, 0.2) is 109 Å². The number of carboxylic acid groups (broad SMARTS) is 1. The fourth-order valence-corrected chi connectivity index (χ4v) is 3.46. The number of methoxy groups -OCH3 is 1. The quantitative estimate of drug-likeness (QED) is 0.245. The van der Waals surface area contributed by atoms with Crippen LogP contribution < -0.4 is 5.32 Å². The van der Waals surface area contributed by atoms with Crippen molar-refractivity contribution in [1.82, 2.24) is 5.32 Å². The van der Waals surface area contributed by atoms with Gasteiger partial charge in [-0.15, -0.1) is 0 Å². The Bertz CT molecular complexity index is 1610. The minimum Gasteiger partial charge on any atom is -0.478 e. The van der Waals surface area contributed by atoms with Crippen LogP contribution >= 0.6 is 0 Å². The van der Waals surface area contributed by atoms with Crippen molar-refractivity contribution in [2.24, 2.45) is 0 Å². The van der Waals surface area contributed by atoms with Crippen LogP contribution in [0.3, 0.4) is 0 Å². The van der Waals surface area contributed by atoms with Gasteiger partial charge in [-0.25, -0.2) is 9.59 Å². The maximum absolute atomic E-state index is 12.2. The fourth-order valence-electron chi connectivity index (χ4n) is 3.46. The summed E-state index contributed by atoms with van der Waals surface area (Å²) in [4.78, 5) is 34.4. The van der Waals surface area contributed by atoms with Gasteiger partial charge in [0.05, 0.1) is 18.8 Å². The molecule has 0 heterocycles. The number of ether oxygens (including phenoxy) is 1. The molecule has 0 spiro atoms. The topological polar surface area (TPSA) is 113 Å². The molecule has 0 aliphatic heterocycles. The second-order valence-electron chi connectivity index (χ2n) is 8.91. The molecule has 4 rings (SSSR count). The number of carbonyl (C=O) groups is 3. The molecule has 4 aromatic carbocycles. The number of benzene rings is 4. The number of carbonyl (C=O) groups excluding carboxylic acids is 2. The van der Waals surface area contributed by atoms with E-state index in [4.69, 9.17) is 5.11 Å². The Morgan fingerprint density at radius 2 is 1.02 bits per heavy atom. The Balaban J connectivity index is 0.000000247. The van der Waals surface area contributed by atoms with Crippen LogP contribution in [-0.4, -0.2) is 47.3 Å². The van der Waals surface area contributed by atoms with Crippen molar-refractivity contribution in [2.75, 3.05) is 7.11 Å². The molecule has 0 unspecified atom stereocenters. The molecule has 0 saturated carbocycles. The molecule has 2 atom stereocenters. The minimum absolute atomic E-state index is 0.273. The van der Waals surface area contributed by atoms with E-state index in [0.717, 1.165) is 22.3 Å². The lowest BCUT2D eigenvalue weighted by Gasteiger charge is -2.18. The lowest BCUT2D eigenvalue weighted by atomic mass is 10.1. The zero-order chi connectivity index (χ0) is 30.3. The highest BCUT2D eigenvalue weighted by Gasteiger charge is 2.26. The van der Waals surface area contributed by atoms with Crippen molar-refractivity contribution in [3.05, 3.63) is 143 Å². The Morgan fingerprint density at radius 1 is 0.643 bits per heavy atom. The molecule has 42 heavy (non-hydrogen) atoms. The van der Waals surface area contributed by atoms with Gasteiger partial charge in [0.2, 0.25) is 0 Å². The molecule has 1 amide bonds. The molecule has 7 heteroatoms. The normalized spacial score (nSPS) is 11.0. The van der Waals surface area contributed by atoms with E-state index in [0.29, 0.717) is 5.56 Å². The van der Waals surface area contributed by atoms with E-state index in [9.17, 15) is 19.5 Å². The number of aliphatic hydroxyl groups is 1. The molecule has 0 fully saturated rings. The van der Waals surface area contributed by atoms with E-state index in [1.807, 2.05) is 60.7 Å². The van der Waals surface area contributed by atoms with E-state index in [-0.39, 0.29) is 5.56 Å². The van der Waals surface area contributed by atoms with Gasteiger partial charge in [-0.2, -0.15) is 0 Å². The molecule has 0 saturated heterocycles. The summed E-state index contributed by atoms with van der Waals surface area (Å²) in [7, 11) is 1.20. The number of amides is 1. The molecule has 3 N–H and O–H groups in total. The second-order valence-corrected chi connectivity index (χ2v) is 8.91. The smallest absolute Gasteiger partial charge is 0.335 e. The number of esters is 1. The molecule has 0 aliphatic rings. The third kappa shape index (κ3) is 9.84. The minimum atomic E-state index is -1.12. The summed E-state index contributed by atoms with van der Waals surface area (Å²) in [6, 6.07) is 31.3. The summed E-state index contributed by atoms with van der Waals surface area (Å²) in [5.41, 5.74) is 4.05. The van der Waals surface area contributed by atoms with Crippen LogP contribution in [0.2, 0.25) is 0 Å². The first-order valence-electron chi connectivity index (χ1n) is 12.9. The largest absolute Gasteiger partial charge is 0.478 e. The van der Waals surface area contributed by atoms with Gasteiger partial charge in [-0.1, -0.05) is 60.1 Å². The van der Waals surface area contributed by atoms with Crippen LogP contribution in [0, 0.1) is 23.7 Å². The van der Waals surface area contributed by atoms with Gasteiger partial charge in [-0.3, -0.25) is 4.79 Å². The van der Waals surface area contributed by atoms with Crippen molar-refractivity contribution >= 4 is 17.8 Å². The second kappa shape index (κ2) is 15.8. The Labute approximate surface area is 244 Å². The van der Waals surface area contributed by atoms with E-state index in [2.05, 4.69) is 33.7 Å². The number of hydrogen-bond acceptors (Lipinski definition) is 5. The highest BCUT2D eigenvalue weighted by molar-refractivity contribution is 5.97. The van der Waals surface area contributed by atoms with Crippen LogP contribution in [0.5, 0.6) is 0 Å². The molecular weight excluding hydrogens is 530 g/mol. The summed E-state index contributed by atoms with van der Waals surface area (Å²) < 4.78 is 4.57. The molecule has 0 aromatic heterocycles. The first-order chi connectivity index (χ1) is 20.3. The average Bonchev–Trinajstić information content (AvgIpc) is 3.02. The van der Waals surface area contributed by atoms with Crippen LogP contribution in [0.1, 0.15) is 49.9 Å². The molecule has 0 radical (unpaired) electrons. The van der Waals surface area contributed by atoms with Gasteiger partial charge >= 0.3 is 11.9 Å². The van der Waals surface area contributed by atoms with E-state index < -0.39 is 30.0 Å². The summed E-state index contributed by atoms with van der Waals surface area (Å²) in [6.45, 7) is 1.41. The van der Waals surface area contributed by atoms with Crippen molar-refractivity contribution in [1.29, 1.82) is 0 Å².